The Morgan fingerprint density at radius 2 is 2.53 bits per heavy atom. The molecule has 1 unspecified atom stereocenters. The number of thiazole rings is 1. The molecule has 0 aromatic carbocycles. The van der Waals surface area contributed by atoms with Gasteiger partial charge in [-0.3, -0.25) is 4.79 Å². The quantitative estimate of drug-likeness (QED) is 0.912. The summed E-state index contributed by atoms with van der Waals surface area (Å²) in [4.78, 5) is 16.0. The molecule has 17 heavy (non-hydrogen) atoms. The molecule has 0 radical (unpaired) electrons. The maximum atomic E-state index is 10.7. The minimum Gasteiger partial charge on any atom is -0.481 e. The van der Waals surface area contributed by atoms with Crippen molar-refractivity contribution in [1.82, 2.24) is 4.98 Å². The van der Waals surface area contributed by atoms with Crippen LogP contribution < -0.4 is 0 Å². The Hall–Kier alpha value is -0.590. The van der Waals surface area contributed by atoms with Gasteiger partial charge in [0.25, 0.3) is 0 Å². The van der Waals surface area contributed by atoms with Crippen molar-refractivity contribution >= 4 is 29.1 Å². The molecular weight excluding hydrogens is 258 g/mol. The summed E-state index contributed by atoms with van der Waals surface area (Å²) in [5, 5.41) is 9.24. The van der Waals surface area contributed by atoms with Gasteiger partial charge >= 0.3 is 5.97 Å². The van der Waals surface area contributed by atoms with Crippen LogP contribution in [0.25, 0.3) is 0 Å². The standard InChI is InChI=1S/C11H15NO3S2/c1-7-9(5-10(13)14)17-11(12-7)16-8-3-2-4-15-6-8/h8H,2-6H2,1H3,(H,13,14). The van der Waals surface area contributed by atoms with E-state index in [0.717, 1.165) is 41.0 Å². The second-order valence-electron chi connectivity index (χ2n) is 4.02. The molecule has 1 aliphatic heterocycles. The normalized spacial score (nSPS) is 20.4. The van der Waals surface area contributed by atoms with Gasteiger partial charge in [-0.15, -0.1) is 11.3 Å². The smallest absolute Gasteiger partial charge is 0.308 e. The van der Waals surface area contributed by atoms with E-state index >= 15 is 0 Å². The molecule has 2 rings (SSSR count). The Balaban J connectivity index is 1.98. The third kappa shape index (κ3) is 3.69. The second kappa shape index (κ2) is 5.84. The van der Waals surface area contributed by atoms with Crippen molar-refractivity contribution in [3.63, 3.8) is 0 Å². The van der Waals surface area contributed by atoms with Crippen LogP contribution in [-0.4, -0.2) is 34.5 Å². The number of hydrogen-bond donors (Lipinski definition) is 1. The summed E-state index contributed by atoms with van der Waals surface area (Å²) in [6.45, 7) is 3.51. The number of ether oxygens (including phenoxy) is 1. The van der Waals surface area contributed by atoms with Crippen LogP contribution in [0.1, 0.15) is 23.4 Å². The zero-order valence-corrected chi connectivity index (χ0v) is 11.3. The van der Waals surface area contributed by atoms with E-state index < -0.39 is 5.97 Å². The number of carboxylic acids is 1. The van der Waals surface area contributed by atoms with Gasteiger partial charge in [0.15, 0.2) is 4.34 Å². The largest absolute Gasteiger partial charge is 0.481 e. The second-order valence-corrected chi connectivity index (χ2v) is 6.65. The van der Waals surface area contributed by atoms with Crippen molar-refractivity contribution in [3.05, 3.63) is 10.6 Å². The van der Waals surface area contributed by atoms with E-state index in [1.54, 1.807) is 11.8 Å². The highest BCUT2D eigenvalue weighted by Gasteiger charge is 2.18. The molecule has 1 saturated heterocycles. The number of thioether (sulfide) groups is 1. The zero-order valence-electron chi connectivity index (χ0n) is 9.64. The summed E-state index contributed by atoms with van der Waals surface area (Å²) < 4.78 is 6.38. The number of aromatic nitrogens is 1. The van der Waals surface area contributed by atoms with Crippen LogP contribution in [0.5, 0.6) is 0 Å². The molecule has 1 N–H and O–H groups in total. The monoisotopic (exact) mass is 273 g/mol. The van der Waals surface area contributed by atoms with Gasteiger partial charge in [0.1, 0.15) is 0 Å². The van der Waals surface area contributed by atoms with E-state index in [9.17, 15) is 4.79 Å². The third-order valence-electron chi connectivity index (χ3n) is 2.57. The van der Waals surface area contributed by atoms with Crippen LogP contribution in [-0.2, 0) is 16.0 Å². The lowest BCUT2D eigenvalue weighted by Gasteiger charge is -2.20. The fourth-order valence-corrected chi connectivity index (χ4v) is 4.31. The van der Waals surface area contributed by atoms with Gasteiger partial charge in [-0.25, -0.2) is 4.98 Å². The highest BCUT2D eigenvalue weighted by molar-refractivity contribution is 8.01. The van der Waals surface area contributed by atoms with Gasteiger partial charge < -0.3 is 9.84 Å². The predicted molar refractivity (Wildman–Crippen MR) is 67.9 cm³/mol. The Labute approximate surface area is 108 Å². The van der Waals surface area contributed by atoms with Gasteiger partial charge in [-0.1, -0.05) is 11.8 Å². The highest BCUT2D eigenvalue weighted by atomic mass is 32.2. The molecule has 6 heteroatoms. The predicted octanol–water partition coefficient (Wildman–Crippen LogP) is 2.35. The SMILES string of the molecule is Cc1nc(SC2CCCOC2)sc1CC(=O)O. The first-order chi connectivity index (χ1) is 8.15. The Bertz CT molecular complexity index is 399. The minimum atomic E-state index is -0.797. The average molecular weight is 273 g/mol. The number of hydrogen-bond acceptors (Lipinski definition) is 5. The zero-order chi connectivity index (χ0) is 12.3. The third-order valence-corrected chi connectivity index (χ3v) is 5.06. The van der Waals surface area contributed by atoms with Crippen LogP contribution >= 0.6 is 23.1 Å². The van der Waals surface area contributed by atoms with E-state index in [4.69, 9.17) is 9.84 Å². The lowest BCUT2D eigenvalue weighted by atomic mass is 10.2. The minimum absolute atomic E-state index is 0.0746. The summed E-state index contributed by atoms with van der Waals surface area (Å²) in [6.07, 6.45) is 2.33. The molecule has 0 spiro atoms. The van der Waals surface area contributed by atoms with Crippen LogP contribution in [0.3, 0.4) is 0 Å². The number of carbonyl (C=O) groups is 1. The topological polar surface area (TPSA) is 59.4 Å². The van der Waals surface area contributed by atoms with Crippen molar-refractivity contribution in [2.45, 2.75) is 35.8 Å². The number of aliphatic carboxylic acids is 1. The number of aryl methyl sites for hydroxylation is 1. The maximum Gasteiger partial charge on any atom is 0.308 e. The van der Waals surface area contributed by atoms with Crippen molar-refractivity contribution in [2.75, 3.05) is 13.2 Å². The van der Waals surface area contributed by atoms with Crippen molar-refractivity contribution in [1.29, 1.82) is 0 Å². The van der Waals surface area contributed by atoms with E-state index in [2.05, 4.69) is 4.98 Å². The summed E-state index contributed by atoms with van der Waals surface area (Å²) >= 11 is 3.21. The van der Waals surface area contributed by atoms with Crippen molar-refractivity contribution in [2.24, 2.45) is 0 Å². The molecule has 94 valence electrons. The van der Waals surface area contributed by atoms with E-state index in [-0.39, 0.29) is 6.42 Å². The Morgan fingerprint density at radius 3 is 3.18 bits per heavy atom. The van der Waals surface area contributed by atoms with Gasteiger partial charge in [-0.05, 0) is 19.8 Å². The summed E-state index contributed by atoms with van der Waals surface area (Å²) in [6, 6.07) is 0. The van der Waals surface area contributed by atoms with Gasteiger partial charge in [0.05, 0.1) is 18.7 Å². The first kappa shape index (κ1) is 12.9. The molecular formula is C11H15NO3S2. The molecule has 1 aliphatic rings. The Morgan fingerprint density at radius 1 is 1.71 bits per heavy atom. The molecule has 1 aromatic rings. The molecule has 4 nitrogen and oxygen atoms in total. The van der Waals surface area contributed by atoms with Crippen LogP contribution in [0.15, 0.2) is 4.34 Å². The lowest BCUT2D eigenvalue weighted by Crippen LogP contribution is -2.18. The van der Waals surface area contributed by atoms with Crippen LogP contribution in [0.4, 0.5) is 0 Å². The fourth-order valence-electron chi connectivity index (χ4n) is 1.70. The summed E-state index contributed by atoms with van der Waals surface area (Å²) in [7, 11) is 0. The number of rotatable bonds is 4. The molecule has 0 amide bonds. The fraction of sp³-hybridized carbons (Fsp3) is 0.636. The van der Waals surface area contributed by atoms with Gasteiger partial charge in [-0.2, -0.15) is 0 Å². The first-order valence-corrected chi connectivity index (χ1v) is 7.27. The van der Waals surface area contributed by atoms with Crippen molar-refractivity contribution < 1.29 is 14.6 Å². The summed E-state index contributed by atoms with van der Waals surface area (Å²) in [5.41, 5.74) is 0.844. The molecule has 1 aromatic heterocycles. The van der Waals surface area contributed by atoms with Crippen molar-refractivity contribution in [3.8, 4) is 0 Å². The van der Waals surface area contributed by atoms with E-state index in [1.807, 2.05) is 6.92 Å². The lowest BCUT2D eigenvalue weighted by molar-refractivity contribution is -0.136. The average Bonchev–Trinajstić information content (AvgIpc) is 2.59. The summed E-state index contributed by atoms with van der Waals surface area (Å²) in [5.74, 6) is -0.797. The molecule has 2 heterocycles. The van der Waals surface area contributed by atoms with Crippen LogP contribution in [0.2, 0.25) is 0 Å². The van der Waals surface area contributed by atoms with E-state index in [0.29, 0.717) is 5.25 Å². The Kier molecular flexibility index (Phi) is 4.42. The number of carboxylic acid groups (broad SMARTS) is 1. The maximum absolute atomic E-state index is 10.7. The van der Waals surface area contributed by atoms with E-state index in [1.165, 1.54) is 11.3 Å². The highest BCUT2D eigenvalue weighted by Crippen LogP contribution is 2.33. The number of nitrogens with zero attached hydrogens (tertiary/aromatic N) is 1. The molecule has 0 saturated carbocycles. The van der Waals surface area contributed by atoms with Gasteiger partial charge in [0, 0.05) is 16.7 Å². The molecule has 0 bridgehead atoms. The molecule has 0 aliphatic carbocycles. The first-order valence-electron chi connectivity index (χ1n) is 5.57. The van der Waals surface area contributed by atoms with Crippen LogP contribution in [0, 0.1) is 6.92 Å². The van der Waals surface area contributed by atoms with Gasteiger partial charge in [0.2, 0.25) is 0 Å². The molecule has 1 fully saturated rings. The molecule has 1 atom stereocenters.